The fourth-order valence-corrected chi connectivity index (χ4v) is 3.69. The van der Waals surface area contributed by atoms with Gasteiger partial charge in [0.2, 0.25) is 0 Å². The number of nitrogens with zero attached hydrogens (tertiary/aromatic N) is 1. The van der Waals surface area contributed by atoms with Crippen molar-refractivity contribution in [2.24, 2.45) is 0 Å². The molecular weight excluding hydrogens is 222 g/mol. The molecule has 0 N–H and O–H groups in total. The van der Waals surface area contributed by atoms with Crippen molar-refractivity contribution in [2.75, 3.05) is 0 Å². The summed E-state index contributed by atoms with van der Waals surface area (Å²) in [4.78, 5) is 14.1. The van der Waals surface area contributed by atoms with E-state index < -0.39 is 5.54 Å². The molecule has 0 radical (unpaired) electrons. The zero-order valence-electron chi connectivity index (χ0n) is 11.1. The Morgan fingerprint density at radius 3 is 2.67 bits per heavy atom. The van der Waals surface area contributed by atoms with Crippen LogP contribution in [-0.4, -0.2) is 17.2 Å². The molecule has 2 nitrogen and oxygen atoms in total. The zero-order valence-corrected chi connectivity index (χ0v) is 11.1. The van der Waals surface area contributed by atoms with Gasteiger partial charge in [-0.2, -0.15) is 0 Å². The van der Waals surface area contributed by atoms with Crippen LogP contribution in [0.1, 0.15) is 50.2 Å². The van der Waals surface area contributed by atoms with Gasteiger partial charge in [0.1, 0.15) is 11.8 Å². The number of benzene rings is 1. The zero-order chi connectivity index (χ0) is 12.6. The molecular formula is C16H21NO. The quantitative estimate of drug-likeness (QED) is 0.743. The van der Waals surface area contributed by atoms with Crippen LogP contribution in [0.4, 0.5) is 0 Å². The largest absolute Gasteiger partial charge is 0.301 e. The lowest BCUT2D eigenvalue weighted by Gasteiger charge is -2.39. The first kappa shape index (κ1) is 11.9. The number of carbonyl (C=O) groups is 1. The minimum atomic E-state index is -0.404. The summed E-state index contributed by atoms with van der Waals surface area (Å²) in [6.45, 7) is 3.02. The number of hydrogen-bond acceptors (Lipinski definition) is 2. The van der Waals surface area contributed by atoms with E-state index in [-0.39, 0.29) is 0 Å². The second-order valence-corrected chi connectivity index (χ2v) is 5.84. The van der Waals surface area contributed by atoms with Gasteiger partial charge in [0.05, 0.1) is 0 Å². The molecule has 2 heteroatoms. The fourth-order valence-electron chi connectivity index (χ4n) is 3.69. The number of carbonyl (C=O) groups excluding carboxylic acids is 1. The Kier molecular flexibility index (Phi) is 2.98. The highest BCUT2D eigenvalue weighted by Crippen LogP contribution is 2.41. The minimum absolute atomic E-state index is 0.404. The average Bonchev–Trinajstić information content (AvgIpc) is 2.74. The molecule has 1 aromatic rings. The highest BCUT2D eigenvalue weighted by molar-refractivity contribution is 5.70. The summed E-state index contributed by atoms with van der Waals surface area (Å²) in [6.07, 6.45) is 7.62. The van der Waals surface area contributed by atoms with E-state index in [2.05, 4.69) is 30.0 Å². The van der Waals surface area contributed by atoms with Gasteiger partial charge < -0.3 is 4.79 Å². The van der Waals surface area contributed by atoms with E-state index >= 15 is 0 Å². The predicted molar refractivity (Wildman–Crippen MR) is 72.3 cm³/mol. The Morgan fingerprint density at radius 1 is 1.22 bits per heavy atom. The van der Waals surface area contributed by atoms with Gasteiger partial charge in [-0.1, -0.05) is 43.5 Å². The Hall–Kier alpha value is -1.15. The van der Waals surface area contributed by atoms with Crippen molar-refractivity contribution in [2.45, 2.75) is 57.2 Å². The maximum atomic E-state index is 11.7. The molecule has 1 fully saturated rings. The molecule has 1 atom stereocenters. The van der Waals surface area contributed by atoms with Crippen molar-refractivity contribution in [3.63, 3.8) is 0 Å². The molecule has 0 spiro atoms. The predicted octanol–water partition coefficient (Wildman–Crippen LogP) is 3.25. The van der Waals surface area contributed by atoms with Gasteiger partial charge in [-0.05, 0) is 30.9 Å². The summed E-state index contributed by atoms with van der Waals surface area (Å²) in [6, 6.07) is 8.99. The first-order valence-electron chi connectivity index (χ1n) is 7.07. The number of fused-ring (bicyclic) bond motifs is 1. The Bertz CT molecular complexity index is 450. The molecule has 3 rings (SSSR count). The van der Waals surface area contributed by atoms with Crippen LogP contribution in [0.3, 0.4) is 0 Å². The molecule has 1 saturated carbocycles. The highest BCUT2D eigenvalue weighted by Gasteiger charge is 2.44. The van der Waals surface area contributed by atoms with Crippen LogP contribution >= 0.6 is 0 Å². The summed E-state index contributed by atoms with van der Waals surface area (Å²) in [5.41, 5.74) is 2.14. The molecule has 18 heavy (non-hydrogen) atoms. The van der Waals surface area contributed by atoms with Crippen LogP contribution in [0.15, 0.2) is 24.3 Å². The fraction of sp³-hybridized carbons (Fsp3) is 0.562. The molecule has 2 aliphatic rings. The van der Waals surface area contributed by atoms with Crippen LogP contribution in [0.2, 0.25) is 0 Å². The van der Waals surface area contributed by atoms with Gasteiger partial charge in [0.25, 0.3) is 0 Å². The van der Waals surface area contributed by atoms with E-state index in [9.17, 15) is 4.79 Å². The van der Waals surface area contributed by atoms with Gasteiger partial charge >= 0.3 is 0 Å². The summed E-state index contributed by atoms with van der Waals surface area (Å²) >= 11 is 0. The summed E-state index contributed by atoms with van der Waals surface area (Å²) in [5, 5.41) is 0. The van der Waals surface area contributed by atoms with Gasteiger partial charge in [0, 0.05) is 12.6 Å². The topological polar surface area (TPSA) is 20.3 Å². The molecule has 0 saturated heterocycles. The first-order chi connectivity index (χ1) is 8.75. The summed E-state index contributed by atoms with van der Waals surface area (Å²) in [5.74, 6) is 0. The SMILES string of the molecule is CC1(C=O)c2ccccc2CN1C1CCCCC1. The third kappa shape index (κ3) is 1.71. The lowest BCUT2D eigenvalue weighted by molar-refractivity contribution is -0.119. The Morgan fingerprint density at radius 2 is 1.94 bits per heavy atom. The van der Waals surface area contributed by atoms with Crippen molar-refractivity contribution in [1.29, 1.82) is 0 Å². The van der Waals surface area contributed by atoms with Crippen LogP contribution in [-0.2, 0) is 16.9 Å². The second-order valence-electron chi connectivity index (χ2n) is 5.84. The smallest absolute Gasteiger partial charge is 0.144 e. The van der Waals surface area contributed by atoms with Crippen LogP contribution < -0.4 is 0 Å². The highest BCUT2D eigenvalue weighted by atomic mass is 16.1. The maximum Gasteiger partial charge on any atom is 0.144 e. The van der Waals surface area contributed by atoms with E-state index in [1.807, 2.05) is 6.07 Å². The van der Waals surface area contributed by atoms with Gasteiger partial charge in [0.15, 0.2) is 0 Å². The number of hydrogen-bond donors (Lipinski definition) is 0. The minimum Gasteiger partial charge on any atom is -0.301 e. The molecule has 0 amide bonds. The normalized spacial score (nSPS) is 29.2. The third-order valence-electron chi connectivity index (χ3n) is 4.74. The van der Waals surface area contributed by atoms with Gasteiger partial charge in [-0.3, -0.25) is 4.90 Å². The standard InChI is InChI=1S/C16H21NO/c1-16(12-18)15-10-6-5-7-13(15)11-17(16)14-8-3-2-4-9-14/h5-7,10,12,14H,2-4,8-9,11H2,1H3. The number of aldehydes is 1. The van der Waals surface area contributed by atoms with Crippen molar-refractivity contribution in [1.82, 2.24) is 4.90 Å². The van der Waals surface area contributed by atoms with Gasteiger partial charge in [-0.25, -0.2) is 0 Å². The molecule has 1 aliphatic heterocycles. The average molecular weight is 243 g/mol. The van der Waals surface area contributed by atoms with Crippen LogP contribution in [0, 0.1) is 0 Å². The van der Waals surface area contributed by atoms with Crippen molar-refractivity contribution >= 4 is 6.29 Å². The van der Waals surface area contributed by atoms with E-state index in [0.717, 1.165) is 12.8 Å². The Labute approximate surface area is 109 Å². The van der Waals surface area contributed by atoms with E-state index in [1.54, 1.807) is 0 Å². The van der Waals surface area contributed by atoms with Crippen molar-refractivity contribution in [3.05, 3.63) is 35.4 Å². The van der Waals surface area contributed by atoms with Crippen LogP contribution in [0.25, 0.3) is 0 Å². The molecule has 0 bridgehead atoms. The van der Waals surface area contributed by atoms with Crippen molar-refractivity contribution in [3.8, 4) is 0 Å². The maximum absolute atomic E-state index is 11.7. The second kappa shape index (κ2) is 4.51. The third-order valence-corrected chi connectivity index (χ3v) is 4.74. The monoisotopic (exact) mass is 243 g/mol. The molecule has 1 aliphatic carbocycles. The summed E-state index contributed by atoms with van der Waals surface area (Å²) in [7, 11) is 0. The van der Waals surface area contributed by atoms with E-state index in [1.165, 1.54) is 43.2 Å². The molecule has 96 valence electrons. The first-order valence-corrected chi connectivity index (χ1v) is 7.07. The lowest BCUT2D eigenvalue weighted by atomic mass is 9.88. The van der Waals surface area contributed by atoms with Crippen molar-refractivity contribution < 1.29 is 4.79 Å². The van der Waals surface area contributed by atoms with E-state index in [0.29, 0.717) is 6.04 Å². The molecule has 1 unspecified atom stereocenters. The van der Waals surface area contributed by atoms with Crippen LogP contribution in [0.5, 0.6) is 0 Å². The molecule has 1 aromatic carbocycles. The molecule has 1 heterocycles. The van der Waals surface area contributed by atoms with Gasteiger partial charge in [-0.15, -0.1) is 0 Å². The molecule has 0 aromatic heterocycles. The summed E-state index contributed by atoms with van der Waals surface area (Å²) < 4.78 is 0. The lowest BCUT2D eigenvalue weighted by Crippen LogP contribution is -2.46. The number of rotatable bonds is 2. The van der Waals surface area contributed by atoms with E-state index in [4.69, 9.17) is 0 Å². The Balaban J connectivity index is 1.95.